The molecule has 4 heteroatoms. The van der Waals surface area contributed by atoms with E-state index in [4.69, 9.17) is 4.74 Å². The maximum atomic E-state index is 5.14. The summed E-state index contributed by atoms with van der Waals surface area (Å²) >= 11 is 1.75. The highest BCUT2D eigenvalue weighted by molar-refractivity contribution is 7.97. The number of rotatable bonds is 2. The van der Waals surface area contributed by atoms with E-state index in [-0.39, 0.29) is 0 Å². The molecule has 0 saturated carbocycles. The smallest absolute Gasteiger partial charge is 0.155 e. The second kappa shape index (κ2) is 7.86. The largest absolute Gasteiger partial charge is 0.491 e. The Kier molecular flexibility index (Phi) is 7.39. The molecule has 0 aromatic carbocycles. The van der Waals surface area contributed by atoms with E-state index >= 15 is 0 Å². The van der Waals surface area contributed by atoms with Crippen molar-refractivity contribution in [2.75, 3.05) is 19.1 Å². The van der Waals surface area contributed by atoms with Gasteiger partial charge in [-0.2, -0.15) is 11.8 Å². The highest BCUT2D eigenvalue weighted by Crippen LogP contribution is 2.04. The van der Waals surface area contributed by atoms with Gasteiger partial charge in [-0.1, -0.05) is 0 Å². The number of hydrogen-bond donors (Lipinski definition) is 0. The summed E-state index contributed by atoms with van der Waals surface area (Å²) in [5, 5.41) is 0. The molecule has 0 aliphatic rings. The summed E-state index contributed by atoms with van der Waals surface area (Å²) in [6.45, 7) is 4.43. The minimum Gasteiger partial charge on any atom is -0.491 e. The lowest BCUT2D eigenvalue weighted by atomic mass is 10.5. The molecule has 1 aromatic heterocycles. The van der Waals surface area contributed by atoms with Crippen LogP contribution in [0.1, 0.15) is 12.7 Å². The molecule has 0 unspecified atom stereocenters. The van der Waals surface area contributed by atoms with Gasteiger partial charge in [0.05, 0.1) is 19.0 Å². The van der Waals surface area contributed by atoms with Gasteiger partial charge in [-0.25, -0.2) is 9.97 Å². The van der Waals surface area contributed by atoms with Crippen LogP contribution in [0, 0.1) is 6.92 Å². The SMILES string of the molecule is CCOc1cnc(C)nc1.CSC. The topological polar surface area (TPSA) is 35.0 Å². The Morgan fingerprint density at radius 1 is 1.31 bits per heavy atom. The Balaban J connectivity index is 0.000000424. The predicted molar refractivity (Wildman–Crippen MR) is 57.4 cm³/mol. The number of hydrogen-bond acceptors (Lipinski definition) is 4. The molecule has 0 aliphatic carbocycles. The van der Waals surface area contributed by atoms with Crippen LogP contribution in [-0.4, -0.2) is 29.1 Å². The van der Waals surface area contributed by atoms with E-state index in [0.29, 0.717) is 6.61 Å². The van der Waals surface area contributed by atoms with Gasteiger partial charge in [-0.15, -0.1) is 0 Å². The fourth-order valence-electron chi connectivity index (χ4n) is 0.622. The summed E-state index contributed by atoms with van der Waals surface area (Å²) in [4.78, 5) is 7.92. The van der Waals surface area contributed by atoms with Crippen LogP contribution in [0.5, 0.6) is 5.75 Å². The van der Waals surface area contributed by atoms with Crippen molar-refractivity contribution in [2.45, 2.75) is 13.8 Å². The first-order valence-electron chi connectivity index (χ1n) is 4.06. The van der Waals surface area contributed by atoms with Gasteiger partial charge in [-0.3, -0.25) is 0 Å². The van der Waals surface area contributed by atoms with E-state index in [1.54, 1.807) is 24.2 Å². The predicted octanol–water partition coefficient (Wildman–Crippen LogP) is 2.16. The average Bonchev–Trinajstić information content (AvgIpc) is 2.11. The zero-order valence-corrected chi connectivity index (χ0v) is 9.39. The first kappa shape index (κ1) is 12.2. The lowest BCUT2D eigenvalue weighted by molar-refractivity contribution is 0.337. The molecule has 1 heterocycles. The quantitative estimate of drug-likeness (QED) is 0.733. The molecule has 0 radical (unpaired) electrons. The summed E-state index contributed by atoms with van der Waals surface area (Å²) in [7, 11) is 0. The van der Waals surface area contributed by atoms with E-state index in [1.807, 2.05) is 26.4 Å². The highest BCUT2D eigenvalue weighted by Gasteiger charge is 1.90. The van der Waals surface area contributed by atoms with E-state index in [1.165, 1.54) is 0 Å². The second-order valence-electron chi connectivity index (χ2n) is 2.31. The number of ether oxygens (including phenoxy) is 1. The molecule has 0 amide bonds. The molecule has 0 saturated heterocycles. The van der Waals surface area contributed by atoms with Crippen LogP contribution in [0.15, 0.2) is 12.4 Å². The van der Waals surface area contributed by atoms with Crippen molar-refractivity contribution in [3.05, 3.63) is 18.2 Å². The van der Waals surface area contributed by atoms with Crippen molar-refractivity contribution >= 4 is 11.8 Å². The molecule has 0 N–H and O–H groups in total. The van der Waals surface area contributed by atoms with Crippen molar-refractivity contribution in [1.82, 2.24) is 9.97 Å². The molecular weight excluding hydrogens is 184 g/mol. The fourth-order valence-corrected chi connectivity index (χ4v) is 0.622. The summed E-state index contributed by atoms with van der Waals surface area (Å²) in [5.41, 5.74) is 0. The molecule has 13 heavy (non-hydrogen) atoms. The maximum absolute atomic E-state index is 5.14. The van der Waals surface area contributed by atoms with E-state index < -0.39 is 0 Å². The molecule has 0 bridgehead atoms. The van der Waals surface area contributed by atoms with E-state index in [9.17, 15) is 0 Å². The first-order valence-corrected chi connectivity index (χ1v) is 5.69. The molecule has 1 rings (SSSR count). The summed E-state index contributed by atoms with van der Waals surface area (Å²) in [6.07, 6.45) is 7.43. The normalized spacial score (nSPS) is 8.62. The van der Waals surface area contributed by atoms with Gasteiger partial charge in [0.15, 0.2) is 5.75 Å². The third-order valence-electron chi connectivity index (χ3n) is 1.07. The molecule has 0 spiro atoms. The Morgan fingerprint density at radius 3 is 2.15 bits per heavy atom. The zero-order chi connectivity index (χ0) is 10.1. The monoisotopic (exact) mass is 200 g/mol. The van der Waals surface area contributed by atoms with Crippen LogP contribution in [0.2, 0.25) is 0 Å². The van der Waals surface area contributed by atoms with Gasteiger partial charge in [0, 0.05) is 0 Å². The molecular formula is C9H16N2OS. The van der Waals surface area contributed by atoms with Gasteiger partial charge < -0.3 is 4.74 Å². The van der Waals surface area contributed by atoms with Gasteiger partial charge in [0.25, 0.3) is 0 Å². The highest BCUT2D eigenvalue weighted by atomic mass is 32.2. The van der Waals surface area contributed by atoms with Crippen molar-refractivity contribution in [3.8, 4) is 5.75 Å². The van der Waals surface area contributed by atoms with Gasteiger partial charge in [0.1, 0.15) is 5.82 Å². The van der Waals surface area contributed by atoms with Crippen LogP contribution in [0.25, 0.3) is 0 Å². The van der Waals surface area contributed by atoms with E-state index in [2.05, 4.69) is 9.97 Å². The average molecular weight is 200 g/mol. The number of aromatic nitrogens is 2. The Hall–Kier alpha value is -0.770. The summed E-state index contributed by atoms with van der Waals surface area (Å²) < 4.78 is 5.14. The van der Waals surface area contributed by atoms with Crippen molar-refractivity contribution < 1.29 is 4.74 Å². The van der Waals surface area contributed by atoms with Crippen molar-refractivity contribution in [2.24, 2.45) is 0 Å². The molecule has 0 fully saturated rings. The van der Waals surface area contributed by atoms with Crippen molar-refractivity contribution in [1.29, 1.82) is 0 Å². The zero-order valence-electron chi connectivity index (χ0n) is 8.57. The Morgan fingerprint density at radius 2 is 1.77 bits per heavy atom. The van der Waals surface area contributed by atoms with Crippen LogP contribution in [0.4, 0.5) is 0 Å². The minimum atomic E-state index is 0.659. The Labute approximate surface area is 83.9 Å². The fraction of sp³-hybridized carbons (Fsp3) is 0.556. The van der Waals surface area contributed by atoms with Gasteiger partial charge >= 0.3 is 0 Å². The third-order valence-corrected chi connectivity index (χ3v) is 1.07. The van der Waals surface area contributed by atoms with E-state index in [0.717, 1.165) is 11.6 Å². The van der Waals surface area contributed by atoms with Gasteiger partial charge in [0.2, 0.25) is 0 Å². The van der Waals surface area contributed by atoms with Crippen LogP contribution in [0.3, 0.4) is 0 Å². The number of aryl methyl sites for hydroxylation is 1. The number of nitrogens with zero attached hydrogens (tertiary/aromatic N) is 2. The minimum absolute atomic E-state index is 0.659. The first-order chi connectivity index (χ1) is 6.24. The van der Waals surface area contributed by atoms with Gasteiger partial charge in [-0.05, 0) is 26.4 Å². The number of thioether (sulfide) groups is 1. The van der Waals surface area contributed by atoms with Crippen LogP contribution >= 0.6 is 11.8 Å². The second-order valence-corrected chi connectivity index (χ2v) is 3.12. The molecule has 1 aromatic rings. The van der Waals surface area contributed by atoms with Crippen LogP contribution < -0.4 is 4.74 Å². The Bertz CT molecular complexity index is 213. The summed E-state index contributed by atoms with van der Waals surface area (Å²) in [5.74, 6) is 1.50. The lowest BCUT2D eigenvalue weighted by Crippen LogP contribution is -1.94. The molecule has 3 nitrogen and oxygen atoms in total. The third kappa shape index (κ3) is 6.40. The summed E-state index contributed by atoms with van der Waals surface area (Å²) in [6, 6.07) is 0. The lowest BCUT2D eigenvalue weighted by Gasteiger charge is -1.99. The van der Waals surface area contributed by atoms with Crippen LogP contribution in [-0.2, 0) is 0 Å². The maximum Gasteiger partial charge on any atom is 0.155 e. The van der Waals surface area contributed by atoms with Crippen molar-refractivity contribution in [3.63, 3.8) is 0 Å². The molecule has 0 aliphatic heterocycles. The molecule has 74 valence electrons. The molecule has 0 atom stereocenters. The standard InChI is InChI=1S/C7H10N2O.C2H6S/c1-3-10-7-4-8-6(2)9-5-7;1-3-2/h4-5H,3H2,1-2H3;1-2H3.